The van der Waals surface area contributed by atoms with Crippen molar-refractivity contribution < 1.29 is 17.9 Å². The molecule has 3 heterocycles. The van der Waals surface area contributed by atoms with Crippen molar-refractivity contribution in [2.24, 2.45) is 15.1 Å². The fourth-order valence-corrected chi connectivity index (χ4v) is 2.88. The number of aromatic amines is 1. The van der Waals surface area contributed by atoms with Gasteiger partial charge >= 0.3 is 0 Å². The number of aliphatic imine (C=N–C) groups is 1. The molecule has 0 bridgehead atoms. The molecule has 0 saturated carbocycles. The third-order valence-electron chi connectivity index (χ3n) is 2.66. The number of hydrogen-bond donors (Lipinski definition) is 2. The number of hydrogen-bond acceptors (Lipinski definition) is 5. The lowest BCUT2D eigenvalue weighted by Gasteiger charge is -2.08. The summed E-state index contributed by atoms with van der Waals surface area (Å²) in [6.07, 6.45) is 3.80. The van der Waals surface area contributed by atoms with Gasteiger partial charge in [-0.1, -0.05) is 0 Å². The molecule has 0 saturated heterocycles. The van der Waals surface area contributed by atoms with E-state index in [1.165, 1.54) is 12.5 Å². The average Bonchev–Trinajstić information content (AvgIpc) is 2.90. The third-order valence-corrected chi connectivity index (χ3v) is 3.96. The molecule has 0 aliphatic carbocycles. The first-order valence-electron chi connectivity index (χ1n) is 5.21. The number of sulfonamides is 1. The molecule has 1 amide bonds. The number of nitrogens with two attached hydrogens (primary N) is 1. The van der Waals surface area contributed by atoms with Gasteiger partial charge < -0.3 is 15.5 Å². The van der Waals surface area contributed by atoms with Crippen LogP contribution in [0.2, 0.25) is 0 Å². The highest BCUT2D eigenvalue weighted by atomic mass is 32.2. The van der Waals surface area contributed by atoms with Crippen molar-refractivity contribution in [3.8, 4) is 5.75 Å². The lowest BCUT2D eigenvalue weighted by atomic mass is 10.2. The molecule has 0 fully saturated rings. The molecule has 0 spiro atoms. The Morgan fingerprint density at radius 1 is 1.47 bits per heavy atom. The number of amides is 1. The molecule has 3 N–H and O–H groups in total. The van der Waals surface area contributed by atoms with Crippen LogP contribution in [-0.4, -0.2) is 37.8 Å². The summed E-state index contributed by atoms with van der Waals surface area (Å²) in [5.74, 6) is -0.961. The zero-order chi connectivity index (χ0) is 13.6. The van der Waals surface area contributed by atoms with Gasteiger partial charge in [0, 0.05) is 18.0 Å². The number of aromatic nitrogens is 1. The number of carbonyl (C=O) groups is 1. The fraction of sp³-hybridized carbons (Fsp3) is 0.100. The second kappa shape index (κ2) is 3.79. The smallest absolute Gasteiger partial charge is 0.288 e. The largest absolute Gasteiger partial charge is 0.461 e. The topological polar surface area (TPSA) is 127 Å². The normalized spacial score (nSPS) is 24.8. The van der Waals surface area contributed by atoms with Crippen molar-refractivity contribution in [1.29, 1.82) is 0 Å². The molecule has 8 nitrogen and oxygen atoms in total. The Bertz CT molecular complexity index is 769. The number of rotatable bonds is 1. The Morgan fingerprint density at radius 2 is 2.26 bits per heavy atom. The van der Waals surface area contributed by atoms with Crippen molar-refractivity contribution in [2.45, 2.75) is 4.90 Å². The Labute approximate surface area is 107 Å². The fourth-order valence-electron chi connectivity index (χ4n) is 1.77. The lowest BCUT2D eigenvalue weighted by Crippen LogP contribution is -2.14. The van der Waals surface area contributed by atoms with E-state index in [1.54, 1.807) is 0 Å². The molecule has 98 valence electrons. The third kappa shape index (κ3) is 1.74. The van der Waals surface area contributed by atoms with E-state index in [0.717, 1.165) is 6.20 Å². The van der Waals surface area contributed by atoms with E-state index in [-0.39, 0.29) is 28.6 Å². The minimum Gasteiger partial charge on any atom is -0.461 e. The standard InChI is InChI=1S/C10H8N4O4S/c11-10(15)8-9-7(3-13-8)19(16,17)14-6-2-12-1-5(6)4-18-9/h2-4,13H,1H2,(H2,11,15)/b5-4-,14-6-. The molecule has 3 rings (SSSR count). The summed E-state index contributed by atoms with van der Waals surface area (Å²) in [6.45, 7) is 0.278. The van der Waals surface area contributed by atoms with Crippen LogP contribution in [0.25, 0.3) is 0 Å². The van der Waals surface area contributed by atoms with Crippen LogP contribution in [0.15, 0.2) is 32.3 Å². The second-order valence-electron chi connectivity index (χ2n) is 3.90. The Balaban J connectivity index is 2.26. The van der Waals surface area contributed by atoms with E-state index in [2.05, 4.69) is 14.4 Å². The van der Waals surface area contributed by atoms with E-state index >= 15 is 0 Å². The van der Waals surface area contributed by atoms with Crippen LogP contribution in [0.1, 0.15) is 10.5 Å². The van der Waals surface area contributed by atoms with E-state index in [9.17, 15) is 13.2 Å². The first-order valence-corrected chi connectivity index (χ1v) is 6.65. The van der Waals surface area contributed by atoms with Crippen LogP contribution in [-0.2, 0) is 10.0 Å². The molecule has 2 aliphatic rings. The van der Waals surface area contributed by atoms with E-state index in [1.807, 2.05) is 0 Å². The van der Waals surface area contributed by atoms with Crippen molar-refractivity contribution >= 4 is 27.9 Å². The van der Waals surface area contributed by atoms with Gasteiger partial charge in [0.1, 0.15) is 11.4 Å². The molecule has 2 aliphatic heterocycles. The maximum atomic E-state index is 12.1. The van der Waals surface area contributed by atoms with Crippen LogP contribution < -0.4 is 10.5 Å². The minimum atomic E-state index is -3.98. The van der Waals surface area contributed by atoms with Gasteiger partial charge in [-0.3, -0.25) is 9.79 Å². The summed E-state index contributed by atoms with van der Waals surface area (Å²) in [6, 6.07) is 0. The molecule has 0 unspecified atom stereocenters. The summed E-state index contributed by atoms with van der Waals surface area (Å²) in [4.78, 5) is 17.4. The summed E-state index contributed by atoms with van der Waals surface area (Å²) < 4.78 is 33.1. The number of ether oxygens (including phenoxy) is 1. The summed E-state index contributed by atoms with van der Waals surface area (Å²) in [5.41, 5.74) is 5.77. The highest BCUT2D eigenvalue weighted by Crippen LogP contribution is 2.31. The molecule has 19 heavy (non-hydrogen) atoms. The maximum Gasteiger partial charge on any atom is 0.288 e. The number of H-pyrrole nitrogens is 1. The minimum absolute atomic E-state index is 0.118. The quantitative estimate of drug-likeness (QED) is 0.725. The van der Waals surface area contributed by atoms with Crippen molar-refractivity contribution in [3.05, 3.63) is 23.7 Å². The first kappa shape index (κ1) is 11.7. The molecule has 0 atom stereocenters. The van der Waals surface area contributed by atoms with Crippen molar-refractivity contribution in [3.63, 3.8) is 0 Å². The van der Waals surface area contributed by atoms with Gasteiger partial charge in [0.2, 0.25) is 0 Å². The Kier molecular flexibility index (Phi) is 2.32. The summed E-state index contributed by atoms with van der Waals surface area (Å²) in [7, 11) is -3.98. The molecular formula is C10H8N4O4S. The average molecular weight is 280 g/mol. The molecule has 9 heteroatoms. The molecule has 1 aromatic heterocycles. The van der Waals surface area contributed by atoms with Gasteiger partial charge in [-0.25, -0.2) is 0 Å². The Morgan fingerprint density at radius 3 is 3.00 bits per heavy atom. The Hall–Kier alpha value is -2.42. The van der Waals surface area contributed by atoms with Gasteiger partial charge in [0.05, 0.1) is 12.8 Å². The second-order valence-corrected chi connectivity index (χ2v) is 5.48. The zero-order valence-corrected chi connectivity index (χ0v) is 10.3. The van der Waals surface area contributed by atoms with Gasteiger partial charge in [0.25, 0.3) is 15.9 Å². The predicted octanol–water partition coefficient (Wildman–Crippen LogP) is -0.396. The van der Waals surface area contributed by atoms with Crippen molar-refractivity contribution in [1.82, 2.24) is 4.98 Å². The van der Waals surface area contributed by atoms with E-state index in [0.29, 0.717) is 5.57 Å². The molecule has 0 radical (unpaired) electrons. The number of nitrogens with zero attached hydrogens (tertiary/aromatic N) is 2. The number of fused-ring (bicyclic) bond motifs is 2. The van der Waals surface area contributed by atoms with Crippen LogP contribution in [0, 0.1) is 0 Å². The van der Waals surface area contributed by atoms with Gasteiger partial charge in [-0.15, -0.1) is 0 Å². The number of primary amides is 1. The highest BCUT2D eigenvalue weighted by molar-refractivity contribution is 7.90. The van der Waals surface area contributed by atoms with Gasteiger partial charge in [-0.05, 0) is 0 Å². The van der Waals surface area contributed by atoms with Crippen LogP contribution in [0.4, 0.5) is 0 Å². The predicted molar refractivity (Wildman–Crippen MR) is 66.0 cm³/mol. The number of carbonyl (C=O) groups excluding carboxylic acids is 1. The first-order chi connectivity index (χ1) is 8.99. The van der Waals surface area contributed by atoms with Crippen LogP contribution in [0.5, 0.6) is 5.75 Å². The summed E-state index contributed by atoms with van der Waals surface area (Å²) >= 11 is 0. The highest BCUT2D eigenvalue weighted by Gasteiger charge is 2.29. The number of nitrogens with one attached hydrogen (secondary N) is 1. The van der Waals surface area contributed by atoms with Crippen LogP contribution in [0.3, 0.4) is 0 Å². The van der Waals surface area contributed by atoms with Gasteiger partial charge in [0.15, 0.2) is 10.6 Å². The monoisotopic (exact) mass is 280 g/mol. The van der Waals surface area contributed by atoms with Gasteiger partial charge in [-0.2, -0.15) is 12.8 Å². The van der Waals surface area contributed by atoms with Crippen molar-refractivity contribution in [2.75, 3.05) is 6.54 Å². The maximum absolute atomic E-state index is 12.1. The molecular weight excluding hydrogens is 272 g/mol. The SMILES string of the molecule is NC(=O)c1[nH]cc2c1O/C=C1/CN=C/C1=N/S2(=O)=O. The van der Waals surface area contributed by atoms with E-state index in [4.69, 9.17) is 10.5 Å². The lowest BCUT2D eigenvalue weighted by molar-refractivity contribution is 0.0993. The van der Waals surface area contributed by atoms with E-state index < -0.39 is 15.9 Å². The molecule has 0 aromatic carbocycles. The van der Waals surface area contributed by atoms with Crippen LogP contribution >= 0.6 is 0 Å². The summed E-state index contributed by atoms with van der Waals surface area (Å²) in [5, 5.41) is 0. The zero-order valence-electron chi connectivity index (χ0n) is 9.45. The molecule has 1 aromatic rings.